The van der Waals surface area contributed by atoms with Gasteiger partial charge in [-0.2, -0.15) is 0 Å². The van der Waals surface area contributed by atoms with Crippen LogP contribution >= 0.6 is 31.9 Å². The van der Waals surface area contributed by atoms with E-state index >= 15 is 0 Å². The van der Waals surface area contributed by atoms with E-state index in [2.05, 4.69) is 126 Å². The minimum atomic E-state index is -0.355. The first-order chi connectivity index (χ1) is 35.5. The summed E-state index contributed by atoms with van der Waals surface area (Å²) in [6, 6.07) is 20.4. The average molecular weight is 1110 g/mol. The highest BCUT2D eigenvalue weighted by Gasteiger charge is 2.44. The van der Waals surface area contributed by atoms with E-state index < -0.39 is 0 Å². The molecule has 404 valence electrons. The number of hydrogen-bond donors (Lipinski definition) is 0. The fraction of sp³-hybridized carbons (Fsp3) is 0.714. The lowest BCUT2D eigenvalue weighted by atomic mass is 9.72. The molecule has 4 rings (SSSR count). The lowest BCUT2D eigenvalue weighted by molar-refractivity contribution is 0.532. The van der Waals surface area contributed by atoms with Crippen LogP contribution in [0.1, 0.15) is 316 Å². The molecule has 0 saturated carbocycles. The maximum absolute atomic E-state index is 4.61. The molecule has 1 atom stereocenters. The third-order valence-electron chi connectivity index (χ3n) is 16.5. The van der Waals surface area contributed by atoms with Gasteiger partial charge in [0.15, 0.2) is 0 Å². The summed E-state index contributed by atoms with van der Waals surface area (Å²) in [4.78, 5) is 0. The number of benzene rings is 3. The van der Waals surface area contributed by atoms with Crippen LogP contribution in [0.3, 0.4) is 0 Å². The van der Waals surface area contributed by atoms with E-state index in [1.807, 2.05) is 0 Å². The quantitative estimate of drug-likeness (QED) is 0.0229. The summed E-state index contributed by atoms with van der Waals surface area (Å²) in [6.45, 7) is 9.33. The Hall–Kier alpha value is -1.82. The van der Waals surface area contributed by atoms with Crippen molar-refractivity contribution in [3.63, 3.8) is 0 Å². The maximum Gasteiger partial charge on any atom is 0.119 e. The normalized spacial score (nSPS) is 14.8. The molecule has 0 saturated heterocycles. The standard InChI is InChI=1S/C70H110Br2/c1-5-9-13-17-21-25-29-33-37-41-52-64-65(53-42-38-34-30-26-22-18-14-10-6-2)68(55-44-40-36-32-28-24-20-16-12-8-4)70(71,72)69(66(64)54-43-39-35-31-27-23-19-15-11-7-3)57-56-60-50-47-51-63-58-61-48-45-46-49-62(61)59-67(60)63/h45-51,58-59,69H,5-44,52-55H2,1-4H3. The lowest BCUT2D eigenvalue weighted by Crippen LogP contribution is -2.34. The van der Waals surface area contributed by atoms with Gasteiger partial charge in [-0.25, -0.2) is 0 Å². The largest absolute Gasteiger partial charge is 0.119 e. The maximum atomic E-state index is 4.61. The Bertz CT molecular complexity index is 1970. The fourth-order valence-electron chi connectivity index (χ4n) is 11.9. The zero-order valence-corrected chi connectivity index (χ0v) is 50.8. The predicted molar refractivity (Wildman–Crippen MR) is 332 cm³/mol. The Kier molecular flexibility index (Phi) is 35.2. The van der Waals surface area contributed by atoms with Crippen LogP contribution < -0.4 is 0 Å². The van der Waals surface area contributed by atoms with Crippen molar-refractivity contribution in [3.8, 4) is 11.8 Å². The van der Waals surface area contributed by atoms with Gasteiger partial charge >= 0.3 is 0 Å². The van der Waals surface area contributed by atoms with Crippen molar-refractivity contribution in [2.45, 2.75) is 313 Å². The van der Waals surface area contributed by atoms with Gasteiger partial charge < -0.3 is 0 Å². The van der Waals surface area contributed by atoms with E-state index in [9.17, 15) is 0 Å². The number of fused-ring (bicyclic) bond motifs is 2. The molecular weight excluding hydrogens is 1000 g/mol. The molecule has 0 radical (unpaired) electrons. The number of hydrogen-bond acceptors (Lipinski definition) is 0. The predicted octanol–water partition coefficient (Wildman–Crippen LogP) is 25.3. The number of alkyl halides is 2. The Balaban J connectivity index is 1.68. The van der Waals surface area contributed by atoms with Gasteiger partial charge in [0.05, 0.1) is 5.92 Å². The van der Waals surface area contributed by atoms with Gasteiger partial charge in [-0.05, 0) is 113 Å². The Labute approximate surface area is 464 Å². The summed E-state index contributed by atoms with van der Waals surface area (Å²) in [5.41, 5.74) is 7.98. The molecule has 0 amide bonds. The fourth-order valence-corrected chi connectivity index (χ4v) is 13.6. The van der Waals surface area contributed by atoms with E-state index in [-0.39, 0.29) is 9.15 Å². The first-order valence-electron chi connectivity index (χ1n) is 31.7. The van der Waals surface area contributed by atoms with Gasteiger partial charge in [-0.1, -0.05) is 339 Å². The van der Waals surface area contributed by atoms with E-state index in [1.165, 1.54) is 310 Å². The molecule has 0 aliphatic heterocycles. The second-order valence-electron chi connectivity index (χ2n) is 22.7. The van der Waals surface area contributed by atoms with Crippen molar-refractivity contribution in [2.75, 3.05) is 0 Å². The van der Waals surface area contributed by atoms with Crippen molar-refractivity contribution >= 4 is 53.4 Å². The van der Waals surface area contributed by atoms with Gasteiger partial charge in [-0.3, -0.25) is 0 Å². The average Bonchev–Trinajstić information content (AvgIpc) is 3.38. The molecule has 72 heavy (non-hydrogen) atoms. The molecule has 2 heteroatoms. The Morgan fingerprint density at radius 3 is 1.14 bits per heavy atom. The van der Waals surface area contributed by atoms with Crippen LogP contribution in [0.5, 0.6) is 0 Å². The van der Waals surface area contributed by atoms with E-state index in [0.717, 1.165) is 0 Å². The van der Waals surface area contributed by atoms with Crippen LogP contribution in [0, 0.1) is 17.8 Å². The summed E-state index contributed by atoms with van der Waals surface area (Å²) in [5, 5.41) is 5.17. The highest BCUT2D eigenvalue weighted by atomic mass is 79.9. The van der Waals surface area contributed by atoms with E-state index in [4.69, 9.17) is 0 Å². The van der Waals surface area contributed by atoms with Crippen LogP contribution in [-0.2, 0) is 0 Å². The molecule has 1 unspecified atom stereocenters. The molecule has 1 aliphatic rings. The zero-order valence-electron chi connectivity index (χ0n) is 47.6. The van der Waals surface area contributed by atoms with Crippen LogP contribution in [-0.4, -0.2) is 3.23 Å². The van der Waals surface area contributed by atoms with Gasteiger partial charge in [0, 0.05) is 5.56 Å². The van der Waals surface area contributed by atoms with E-state index in [1.54, 1.807) is 22.3 Å². The van der Waals surface area contributed by atoms with Crippen molar-refractivity contribution in [2.24, 2.45) is 5.92 Å². The first-order valence-corrected chi connectivity index (χ1v) is 33.3. The second kappa shape index (κ2) is 40.4. The number of unbranched alkanes of at least 4 members (excludes halogenated alkanes) is 36. The molecule has 1 aliphatic carbocycles. The van der Waals surface area contributed by atoms with Crippen LogP contribution in [0.25, 0.3) is 21.5 Å². The SMILES string of the molecule is CCCCCCCCCCCCC1=C(CCCCCCCCCCCC)C(C#Cc2cccc3cc4ccccc4cc23)C(Br)(Br)C(CCCCCCCCCCCC)=C1CCCCCCCCCCCC. The summed E-state index contributed by atoms with van der Waals surface area (Å²) in [5.74, 6) is 8.17. The monoisotopic (exact) mass is 1110 g/mol. The molecule has 3 aromatic carbocycles. The molecule has 0 bridgehead atoms. The summed E-state index contributed by atoms with van der Waals surface area (Å²) in [7, 11) is 0. The molecule has 0 heterocycles. The molecule has 0 fully saturated rings. The molecule has 0 spiro atoms. The second-order valence-corrected chi connectivity index (χ2v) is 26.3. The molecule has 3 aromatic rings. The number of allylic oxidation sites excluding steroid dienone is 4. The van der Waals surface area contributed by atoms with Gasteiger partial charge in [-0.15, -0.1) is 0 Å². The van der Waals surface area contributed by atoms with Crippen molar-refractivity contribution in [3.05, 3.63) is 82.5 Å². The van der Waals surface area contributed by atoms with Gasteiger partial charge in [0.1, 0.15) is 3.23 Å². The van der Waals surface area contributed by atoms with Gasteiger partial charge in [0.25, 0.3) is 0 Å². The highest BCUT2D eigenvalue weighted by Crippen LogP contribution is 2.55. The first kappa shape index (κ1) is 62.7. The summed E-state index contributed by atoms with van der Waals surface area (Å²) < 4.78 is -0.355. The van der Waals surface area contributed by atoms with Crippen molar-refractivity contribution in [1.29, 1.82) is 0 Å². The molecule has 0 nitrogen and oxygen atoms in total. The zero-order chi connectivity index (χ0) is 51.2. The molecule has 0 aromatic heterocycles. The molecule has 0 N–H and O–H groups in total. The van der Waals surface area contributed by atoms with E-state index in [0.29, 0.717) is 0 Å². The topological polar surface area (TPSA) is 0 Å². The Morgan fingerprint density at radius 1 is 0.361 bits per heavy atom. The van der Waals surface area contributed by atoms with Gasteiger partial charge in [0.2, 0.25) is 0 Å². The molecular formula is C70H110Br2. The van der Waals surface area contributed by atoms with Crippen molar-refractivity contribution in [1.82, 2.24) is 0 Å². The number of halogens is 2. The highest BCUT2D eigenvalue weighted by molar-refractivity contribution is 9.25. The third kappa shape index (κ3) is 24.5. The number of rotatable bonds is 44. The van der Waals surface area contributed by atoms with Crippen LogP contribution in [0.4, 0.5) is 0 Å². The minimum Gasteiger partial charge on any atom is -0.0872 e. The van der Waals surface area contributed by atoms with Crippen LogP contribution in [0.2, 0.25) is 0 Å². The minimum absolute atomic E-state index is 0.0967. The summed E-state index contributed by atoms with van der Waals surface area (Å²) in [6.07, 6.45) is 60.2. The smallest absolute Gasteiger partial charge is 0.0872 e. The van der Waals surface area contributed by atoms with Crippen molar-refractivity contribution < 1.29 is 0 Å². The van der Waals surface area contributed by atoms with Crippen LogP contribution in [0.15, 0.2) is 76.9 Å². The lowest BCUT2D eigenvalue weighted by Gasteiger charge is -2.41. The third-order valence-corrected chi connectivity index (χ3v) is 18.3. The Morgan fingerprint density at radius 2 is 0.708 bits per heavy atom. The summed E-state index contributed by atoms with van der Waals surface area (Å²) >= 11 is 9.21.